The zero-order valence-electron chi connectivity index (χ0n) is 17.1. The molecule has 1 fully saturated rings. The molecule has 0 saturated carbocycles. The third-order valence-corrected chi connectivity index (χ3v) is 6.11. The SMILES string of the molecule is CC(C)[C@@H](NS(=O)(=O)c1cccc(Cl)c1)C(=O)OCC(=O)NC(=O)CN1CCCC1=O. The fourth-order valence-electron chi connectivity index (χ4n) is 2.83. The average molecular weight is 474 g/mol. The van der Waals surface area contributed by atoms with Crippen molar-refractivity contribution in [3.63, 3.8) is 0 Å². The summed E-state index contributed by atoms with van der Waals surface area (Å²) in [5.74, 6) is -3.21. The predicted molar refractivity (Wildman–Crippen MR) is 110 cm³/mol. The Morgan fingerprint density at radius 1 is 1.23 bits per heavy atom. The van der Waals surface area contributed by atoms with Gasteiger partial charge in [-0.05, 0) is 30.5 Å². The summed E-state index contributed by atoms with van der Waals surface area (Å²) >= 11 is 5.82. The number of imide groups is 1. The zero-order chi connectivity index (χ0) is 23.2. The van der Waals surface area contributed by atoms with Gasteiger partial charge in [-0.25, -0.2) is 8.42 Å². The van der Waals surface area contributed by atoms with Crippen LogP contribution >= 0.6 is 11.6 Å². The van der Waals surface area contributed by atoms with Gasteiger partial charge in [0, 0.05) is 18.0 Å². The topological polar surface area (TPSA) is 139 Å². The smallest absolute Gasteiger partial charge is 0.324 e. The lowest BCUT2D eigenvalue weighted by atomic mass is 10.1. The van der Waals surface area contributed by atoms with Crippen LogP contribution < -0.4 is 10.0 Å². The van der Waals surface area contributed by atoms with Crippen LogP contribution in [0.1, 0.15) is 26.7 Å². The number of amides is 3. The minimum Gasteiger partial charge on any atom is -0.454 e. The van der Waals surface area contributed by atoms with Crippen molar-refractivity contribution < 1.29 is 32.3 Å². The highest BCUT2D eigenvalue weighted by atomic mass is 35.5. The summed E-state index contributed by atoms with van der Waals surface area (Å²) in [5.41, 5.74) is 0. The standard InChI is InChI=1S/C19H24ClN3O7S/c1-12(2)18(22-31(28,29)14-6-3-5-13(20)9-14)19(27)30-11-16(25)21-15(24)10-23-8-4-7-17(23)26/h3,5-6,9,12,18,22H,4,7-8,10-11H2,1-2H3,(H,21,24,25)/t18-/m1/s1. The first-order valence-electron chi connectivity index (χ1n) is 9.54. The summed E-state index contributed by atoms with van der Waals surface area (Å²) in [6, 6.07) is 4.25. The Morgan fingerprint density at radius 3 is 2.52 bits per heavy atom. The molecule has 31 heavy (non-hydrogen) atoms. The van der Waals surface area contributed by atoms with Gasteiger partial charge in [-0.3, -0.25) is 24.5 Å². The number of nitrogens with one attached hydrogen (secondary N) is 2. The number of esters is 1. The fourth-order valence-corrected chi connectivity index (χ4v) is 4.46. The van der Waals surface area contributed by atoms with Crippen molar-refractivity contribution >= 4 is 45.3 Å². The van der Waals surface area contributed by atoms with Crippen molar-refractivity contribution in [2.24, 2.45) is 5.92 Å². The highest BCUT2D eigenvalue weighted by Crippen LogP contribution is 2.17. The molecule has 10 nitrogen and oxygen atoms in total. The molecular weight excluding hydrogens is 450 g/mol. The van der Waals surface area contributed by atoms with Gasteiger partial charge in [0.05, 0.1) is 11.4 Å². The number of nitrogens with zero attached hydrogens (tertiary/aromatic N) is 1. The Morgan fingerprint density at radius 2 is 1.94 bits per heavy atom. The first kappa shape index (κ1) is 24.8. The highest BCUT2D eigenvalue weighted by molar-refractivity contribution is 7.89. The van der Waals surface area contributed by atoms with Crippen LogP contribution in [0.15, 0.2) is 29.2 Å². The van der Waals surface area contributed by atoms with Gasteiger partial charge in [-0.15, -0.1) is 0 Å². The number of hydrogen-bond acceptors (Lipinski definition) is 7. The van der Waals surface area contributed by atoms with Crippen LogP contribution in [0.2, 0.25) is 5.02 Å². The molecule has 0 bridgehead atoms. The molecule has 12 heteroatoms. The number of halogens is 1. The van der Waals surface area contributed by atoms with E-state index in [2.05, 4.69) is 4.72 Å². The molecule has 1 aromatic rings. The minimum atomic E-state index is -4.08. The van der Waals surface area contributed by atoms with Crippen LogP contribution in [-0.4, -0.2) is 62.7 Å². The lowest BCUT2D eigenvalue weighted by Crippen LogP contribution is -2.46. The van der Waals surface area contributed by atoms with E-state index in [0.717, 1.165) is 0 Å². The quantitative estimate of drug-likeness (QED) is 0.496. The minimum absolute atomic E-state index is 0.127. The molecule has 1 aromatic carbocycles. The summed E-state index contributed by atoms with van der Waals surface area (Å²) < 4.78 is 32.2. The number of carbonyl (C=O) groups excluding carboxylic acids is 4. The molecule has 0 aromatic heterocycles. The lowest BCUT2D eigenvalue weighted by Gasteiger charge is -2.21. The first-order chi connectivity index (χ1) is 14.5. The molecule has 1 saturated heterocycles. The van der Waals surface area contributed by atoms with Gasteiger partial charge in [0.2, 0.25) is 21.8 Å². The molecule has 170 valence electrons. The Bertz CT molecular complexity index is 965. The van der Waals surface area contributed by atoms with Gasteiger partial charge in [0.1, 0.15) is 6.04 Å². The maximum Gasteiger partial charge on any atom is 0.324 e. The van der Waals surface area contributed by atoms with Gasteiger partial charge < -0.3 is 9.64 Å². The van der Waals surface area contributed by atoms with Gasteiger partial charge >= 0.3 is 5.97 Å². The maximum absolute atomic E-state index is 12.5. The Hall–Kier alpha value is -2.50. The zero-order valence-corrected chi connectivity index (χ0v) is 18.7. The molecule has 0 aliphatic carbocycles. The maximum atomic E-state index is 12.5. The lowest BCUT2D eigenvalue weighted by molar-refractivity contribution is -0.152. The first-order valence-corrected chi connectivity index (χ1v) is 11.4. The Labute approximate surface area is 185 Å². The highest BCUT2D eigenvalue weighted by Gasteiger charge is 2.30. The van der Waals surface area contributed by atoms with Gasteiger partial charge in [0.15, 0.2) is 6.61 Å². The van der Waals surface area contributed by atoms with Crippen molar-refractivity contribution in [3.8, 4) is 0 Å². The van der Waals surface area contributed by atoms with Crippen molar-refractivity contribution in [3.05, 3.63) is 29.3 Å². The molecule has 0 unspecified atom stereocenters. The fraction of sp³-hybridized carbons (Fsp3) is 0.474. The molecule has 1 aliphatic heterocycles. The van der Waals surface area contributed by atoms with Gasteiger partial charge in [0.25, 0.3) is 5.91 Å². The second-order valence-corrected chi connectivity index (χ2v) is 9.45. The Balaban J connectivity index is 1.91. The number of benzene rings is 1. The molecule has 0 spiro atoms. The molecule has 3 amide bonds. The summed E-state index contributed by atoms with van der Waals surface area (Å²) in [6.45, 7) is 2.61. The molecular formula is C19H24ClN3O7S. The number of ether oxygens (including phenoxy) is 1. The molecule has 1 atom stereocenters. The number of rotatable bonds is 9. The van der Waals surface area contributed by atoms with Crippen LogP contribution in [0.5, 0.6) is 0 Å². The Kier molecular flexibility index (Phi) is 8.54. The van der Waals surface area contributed by atoms with E-state index in [9.17, 15) is 27.6 Å². The van der Waals surface area contributed by atoms with Gasteiger partial charge in [-0.1, -0.05) is 31.5 Å². The number of likely N-dealkylation sites (tertiary alicyclic amines) is 1. The van der Waals surface area contributed by atoms with Crippen LogP contribution in [-0.2, 0) is 33.9 Å². The second kappa shape index (κ2) is 10.7. The monoisotopic (exact) mass is 473 g/mol. The summed E-state index contributed by atoms with van der Waals surface area (Å²) in [4.78, 5) is 48.8. The normalized spacial score (nSPS) is 15.1. The van der Waals surface area contributed by atoms with E-state index in [1.807, 2.05) is 5.32 Å². The van der Waals surface area contributed by atoms with Crippen LogP contribution in [0.3, 0.4) is 0 Å². The van der Waals surface area contributed by atoms with Crippen LogP contribution in [0.4, 0.5) is 0 Å². The number of carbonyl (C=O) groups is 4. The largest absolute Gasteiger partial charge is 0.454 e. The van der Waals surface area contributed by atoms with E-state index >= 15 is 0 Å². The molecule has 2 rings (SSSR count). The van der Waals surface area contributed by atoms with Crippen molar-refractivity contribution in [1.29, 1.82) is 0 Å². The van der Waals surface area contributed by atoms with E-state index in [0.29, 0.717) is 19.4 Å². The molecule has 1 aliphatic rings. The van der Waals surface area contributed by atoms with E-state index < -0.39 is 46.4 Å². The van der Waals surface area contributed by atoms with Crippen molar-refractivity contribution in [1.82, 2.24) is 14.9 Å². The summed E-state index contributed by atoms with van der Waals surface area (Å²) in [5, 5.41) is 2.24. The molecule has 0 radical (unpaired) electrons. The predicted octanol–water partition coefficient (Wildman–Crippen LogP) is 0.451. The third kappa shape index (κ3) is 7.30. The second-order valence-electron chi connectivity index (χ2n) is 7.30. The van der Waals surface area contributed by atoms with Crippen LogP contribution in [0, 0.1) is 5.92 Å². The average Bonchev–Trinajstić information content (AvgIpc) is 3.08. The van der Waals surface area contributed by atoms with E-state index in [-0.39, 0.29) is 22.4 Å². The molecule has 1 heterocycles. The van der Waals surface area contributed by atoms with Crippen LogP contribution in [0.25, 0.3) is 0 Å². The summed E-state index contributed by atoms with van der Waals surface area (Å²) in [6.07, 6.45) is 1.01. The van der Waals surface area contributed by atoms with E-state index in [1.54, 1.807) is 13.8 Å². The number of hydrogen-bond donors (Lipinski definition) is 2. The summed E-state index contributed by atoms with van der Waals surface area (Å²) in [7, 11) is -4.08. The van der Waals surface area contributed by atoms with E-state index in [1.165, 1.54) is 29.2 Å². The van der Waals surface area contributed by atoms with Crippen molar-refractivity contribution in [2.45, 2.75) is 37.6 Å². The molecule has 2 N–H and O–H groups in total. The van der Waals surface area contributed by atoms with Gasteiger partial charge in [-0.2, -0.15) is 4.72 Å². The van der Waals surface area contributed by atoms with Crippen molar-refractivity contribution in [2.75, 3.05) is 19.7 Å². The van der Waals surface area contributed by atoms with E-state index in [4.69, 9.17) is 16.3 Å². The number of sulfonamides is 1. The third-order valence-electron chi connectivity index (χ3n) is 4.44.